The van der Waals surface area contributed by atoms with Crippen LogP contribution in [-0.2, 0) is 11.3 Å². The number of hydrogen-bond acceptors (Lipinski definition) is 7. The van der Waals surface area contributed by atoms with Gasteiger partial charge in [0.2, 0.25) is 0 Å². The normalized spacial score (nSPS) is 24.2. The van der Waals surface area contributed by atoms with E-state index in [2.05, 4.69) is 10.1 Å². The maximum Gasteiger partial charge on any atom is 0.335 e. The fraction of sp³-hybridized carbons (Fsp3) is 0.414. The second-order valence-corrected chi connectivity index (χ2v) is 12.0. The summed E-state index contributed by atoms with van der Waals surface area (Å²) >= 11 is 13.0. The number of fused-ring (bicyclic) bond motifs is 1. The highest BCUT2D eigenvalue weighted by molar-refractivity contribution is 6.39. The van der Waals surface area contributed by atoms with Crippen LogP contribution < -0.4 is 4.90 Å². The third-order valence-corrected chi connectivity index (χ3v) is 9.04. The van der Waals surface area contributed by atoms with Crippen LogP contribution in [0.1, 0.15) is 59.7 Å². The molecular weight excluding hydrogens is 560 g/mol. The summed E-state index contributed by atoms with van der Waals surface area (Å²) in [6.45, 7) is 0.404. The van der Waals surface area contributed by atoms with E-state index in [1.807, 2.05) is 4.90 Å². The molecule has 0 bridgehead atoms. The predicted molar refractivity (Wildman–Crippen MR) is 147 cm³/mol. The van der Waals surface area contributed by atoms with Crippen LogP contribution in [-0.4, -0.2) is 46.6 Å². The average molecular weight is 586 g/mol. The second-order valence-electron chi connectivity index (χ2n) is 11.2. The number of carboxylic acids is 1. The minimum Gasteiger partial charge on any atom is -0.478 e. The van der Waals surface area contributed by atoms with Gasteiger partial charge in [-0.05, 0) is 67.9 Å². The molecule has 208 valence electrons. The van der Waals surface area contributed by atoms with Crippen LogP contribution in [0.15, 0.2) is 45.3 Å². The predicted octanol–water partition coefficient (Wildman–Crippen LogP) is 7.28. The number of nitrogens with zero attached hydrogens (tertiary/aromatic N) is 3. The fourth-order valence-electron chi connectivity index (χ4n) is 6.26. The smallest absolute Gasteiger partial charge is 0.335 e. The molecule has 4 aromatic rings. The first-order valence-electron chi connectivity index (χ1n) is 13.3. The zero-order valence-electron chi connectivity index (χ0n) is 21.4. The summed E-state index contributed by atoms with van der Waals surface area (Å²) < 4.78 is 32.1. The molecule has 2 aliphatic carbocycles. The maximum absolute atomic E-state index is 14.1. The number of carboxylic acid groups (broad SMARTS) is 1. The highest BCUT2D eigenvalue weighted by atomic mass is 35.5. The number of rotatable bonds is 8. The largest absolute Gasteiger partial charge is 0.478 e. The van der Waals surface area contributed by atoms with E-state index in [0.29, 0.717) is 63.9 Å². The van der Waals surface area contributed by atoms with Crippen molar-refractivity contribution in [3.63, 3.8) is 0 Å². The van der Waals surface area contributed by atoms with Gasteiger partial charge < -0.3 is 23.7 Å². The highest BCUT2D eigenvalue weighted by Gasteiger charge is 2.53. The summed E-state index contributed by atoms with van der Waals surface area (Å²) in [7, 11) is 0. The molecule has 1 N–H and O–H groups in total. The Kier molecular flexibility index (Phi) is 6.29. The summed E-state index contributed by atoms with van der Waals surface area (Å²) in [5, 5.41) is 14.6. The van der Waals surface area contributed by atoms with Gasteiger partial charge in [-0.1, -0.05) is 34.4 Å². The van der Waals surface area contributed by atoms with Gasteiger partial charge in [0.1, 0.15) is 23.6 Å². The van der Waals surface area contributed by atoms with Crippen molar-refractivity contribution in [3.8, 4) is 11.3 Å². The van der Waals surface area contributed by atoms with Crippen molar-refractivity contribution < 1.29 is 28.0 Å². The maximum atomic E-state index is 14.1. The summed E-state index contributed by atoms with van der Waals surface area (Å²) in [5.74, 6) is 0.136. The minimum atomic E-state index is -1.04. The molecule has 3 aliphatic rings. The Morgan fingerprint density at radius 3 is 2.65 bits per heavy atom. The molecule has 11 heteroatoms. The van der Waals surface area contributed by atoms with Crippen molar-refractivity contribution >= 4 is 46.3 Å². The van der Waals surface area contributed by atoms with Gasteiger partial charge in [0.15, 0.2) is 5.58 Å². The third kappa shape index (κ3) is 4.44. The van der Waals surface area contributed by atoms with Gasteiger partial charge in [-0.15, -0.1) is 0 Å². The average Bonchev–Trinajstić information content (AvgIpc) is 3.36. The number of benzene rings is 2. The molecule has 1 saturated heterocycles. The molecule has 0 radical (unpaired) electrons. The lowest BCUT2D eigenvalue weighted by Crippen LogP contribution is -2.44. The third-order valence-electron chi connectivity index (χ3n) is 8.41. The number of carbonyl (C=O) groups is 1. The standard InChI is InChI=1S/C29H26Cl2FN3O5/c30-20-2-1-3-21(31)24(20)25-19(26(40-34-25)15-4-5-15)13-38-18-10-29(11-18)9-17(12-32)35(14-29)28-33-22-7-6-16(27(36)37)8-23(22)39-28/h1-3,6-8,15,17-18H,4-5,9-14H2,(H,36,37)/t17-,18?,29?/m0/s1. The SMILES string of the molecule is O=C(O)c1ccc2nc(N3CC4(CC(OCc5c(-c6c(Cl)cccc6Cl)noc5C5CC5)C4)C[C@H]3CF)oc2c1. The summed E-state index contributed by atoms with van der Waals surface area (Å²) in [6.07, 6.45) is 4.37. The van der Waals surface area contributed by atoms with E-state index in [-0.39, 0.29) is 23.1 Å². The number of oxazole rings is 1. The Balaban J connectivity index is 1.06. The Bertz CT molecular complexity index is 1590. The van der Waals surface area contributed by atoms with E-state index in [1.54, 1.807) is 24.3 Å². The van der Waals surface area contributed by atoms with Crippen LogP contribution in [0.2, 0.25) is 10.0 Å². The van der Waals surface area contributed by atoms with Gasteiger partial charge in [-0.25, -0.2) is 9.18 Å². The van der Waals surface area contributed by atoms with E-state index >= 15 is 0 Å². The number of anilines is 1. The molecule has 1 spiro atoms. The van der Waals surface area contributed by atoms with E-state index in [1.165, 1.54) is 12.1 Å². The topological polar surface area (TPSA) is 102 Å². The lowest BCUT2D eigenvalue weighted by atomic mass is 9.65. The molecule has 3 heterocycles. The zero-order chi connectivity index (χ0) is 27.6. The van der Waals surface area contributed by atoms with E-state index in [4.69, 9.17) is 36.9 Å². The number of aromatic carboxylic acids is 1. The van der Waals surface area contributed by atoms with Crippen molar-refractivity contribution in [2.24, 2.45) is 5.41 Å². The van der Waals surface area contributed by atoms with Gasteiger partial charge >= 0.3 is 5.97 Å². The summed E-state index contributed by atoms with van der Waals surface area (Å²) in [5.41, 5.74) is 3.10. The summed E-state index contributed by atoms with van der Waals surface area (Å²) in [6, 6.07) is 9.86. The van der Waals surface area contributed by atoms with Crippen molar-refractivity contribution in [2.45, 2.75) is 56.8 Å². The molecule has 2 saturated carbocycles. The van der Waals surface area contributed by atoms with Gasteiger partial charge in [0.05, 0.1) is 34.4 Å². The number of alkyl halides is 1. The molecule has 1 aliphatic heterocycles. The molecular formula is C29H26Cl2FN3O5. The zero-order valence-corrected chi connectivity index (χ0v) is 22.9. The lowest BCUT2D eigenvalue weighted by Gasteiger charge is -2.44. The summed E-state index contributed by atoms with van der Waals surface area (Å²) in [4.78, 5) is 17.7. The van der Waals surface area contributed by atoms with Gasteiger partial charge in [-0.2, -0.15) is 4.98 Å². The molecule has 8 nitrogen and oxygen atoms in total. The quantitative estimate of drug-likeness (QED) is 0.230. The van der Waals surface area contributed by atoms with E-state index in [9.17, 15) is 14.3 Å². The minimum absolute atomic E-state index is 0.0125. The fourth-order valence-corrected chi connectivity index (χ4v) is 6.84. The van der Waals surface area contributed by atoms with Crippen LogP contribution in [0.4, 0.5) is 10.4 Å². The van der Waals surface area contributed by atoms with Gasteiger partial charge in [-0.3, -0.25) is 0 Å². The second kappa shape index (κ2) is 9.75. The first-order valence-corrected chi connectivity index (χ1v) is 14.1. The lowest BCUT2D eigenvalue weighted by molar-refractivity contribution is -0.0809. The Labute approximate surface area is 239 Å². The molecule has 1 atom stereocenters. The van der Waals surface area contributed by atoms with Gasteiger partial charge in [0, 0.05) is 23.6 Å². The molecule has 2 aromatic heterocycles. The molecule has 40 heavy (non-hydrogen) atoms. The first-order chi connectivity index (χ1) is 19.3. The molecule has 0 unspecified atom stereocenters. The van der Waals surface area contributed by atoms with Crippen molar-refractivity contribution in [2.75, 3.05) is 18.1 Å². The van der Waals surface area contributed by atoms with Crippen LogP contribution in [0.3, 0.4) is 0 Å². The first kappa shape index (κ1) is 25.8. The van der Waals surface area contributed by atoms with Crippen LogP contribution >= 0.6 is 23.2 Å². The van der Waals surface area contributed by atoms with E-state index < -0.39 is 12.6 Å². The van der Waals surface area contributed by atoms with E-state index in [0.717, 1.165) is 37.0 Å². The van der Waals surface area contributed by atoms with Crippen LogP contribution in [0.25, 0.3) is 22.4 Å². The number of aromatic nitrogens is 2. The number of halogens is 3. The number of hydrogen-bond donors (Lipinski definition) is 1. The van der Waals surface area contributed by atoms with Crippen molar-refractivity contribution in [1.82, 2.24) is 10.1 Å². The molecule has 3 fully saturated rings. The monoisotopic (exact) mass is 585 g/mol. The Hall–Kier alpha value is -3.14. The Morgan fingerprint density at radius 1 is 1.18 bits per heavy atom. The molecule has 0 amide bonds. The molecule has 2 aromatic carbocycles. The highest BCUT2D eigenvalue weighted by Crippen LogP contribution is 2.53. The van der Waals surface area contributed by atoms with Crippen molar-refractivity contribution in [1.29, 1.82) is 0 Å². The van der Waals surface area contributed by atoms with Gasteiger partial charge in [0.25, 0.3) is 6.01 Å². The van der Waals surface area contributed by atoms with Crippen LogP contribution in [0.5, 0.6) is 0 Å². The van der Waals surface area contributed by atoms with Crippen LogP contribution in [0, 0.1) is 5.41 Å². The Morgan fingerprint density at radius 2 is 1.95 bits per heavy atom. The molecule has 7 rings (SSSR count). The van der Waals surface area contributed by atoms with Crippen molar-refractivity contribution in [3.05, 3.63) is 63.3 Å². The number of ether oxygens (including phenoxy) is 1.